The summed E-state index contributed by atoms with van der Waals surface area (Å²) >= 11 is 0. The number of nitrogens with zero attached hydrogens (tertiary/aromatic N) is 3. The molecule has 2 aromatic rings. The van der Waals surface area contributed by atoms with Gasteiger partial charge in [-0.05, 0) is 25.0 Å². The van der Waals surface area contributed by atoms with Gasteiger partial charge < -0.3 is 15.2 Å². The Kier molecular flexibility index (Phi) is 5.85. The Labute approximate surface area is 154 Å². The van der Waals surface area contributed by atoms with Gasteiger partial charge in [-0.2, -0.15) is 4.98 Å². The standard InChI is InChI=1S/C18H24N4O2.ClH/c1-18(2,3)17-20-15(24-21-17)13-6-4-5-7-14(13)16(23)22-10-8-12(19)9-11-22;/h4-7,12H,8-11,19H2,1-3H3;1H. The third-order valence-electron chi connectivity index (χ3n) is 4.31. The molecule has 0 atom stereocenters. The van der Waals surface area contributed by atoms with E-state index in [0.29, 0.717) is 35.9 Å². The molecular weight excluding hydrogens is 340 g/mol. The molecule has 0 unspecified atom stereocenters. The molecule has 0 saturated carbocycles. The minimum atomic E-state index is -0.205. The van der Waals surface area contributed by atoms with E-state index in [2.05, 4.69) is 10.1 Å². The highest BCUT2D eigenvalue weighted by Crippen LogP contribution is 2.27. The van der Waals surface area contributed by atoms with E-state index in [1.807, 2.05) is 49.9 Å². The lowest BCUT2D eigenvalue weighted by molar-refractivity contribution is 0.0715. The average molecular weight is 365 g/mol. The van der Waals surface area contributed by atoms with Gasteiger partial charge in [-0.25, -0.2) is 0 Å². The molecule has 25 heavy (non-hydrogen) atoms. The Morgan fingerprint density at radius 1 is 1.24 bits per heavy atom. The van der Waals surface area contributed by atoms with Crippen LogP contribution in [-0.2, 0) is 5.41 Å². The van der Waals surface area contributed by atoms with Crippen LogP contribution < -0.4 is 5.73 Å². The lowest BCUT2D eigenvalue weighted by Crippen LogP contribution is -2.43. The molecule has 1 aliphatic rings. The van der Waals surface area contributed by atoms with Crippen LogP contribution in [0.3, 0.4) is 0 Å². The first-order chi connectivity index (χ1) is 11.4. The van der Waals surface area contributed by atoms with Crippen molar-refractivity contribution in [3.05, 3.63) is 35.7 Å². The maximum atomic E-state index is 12.9. The topological polar surface area (TPSA) is 85.2 Å². The van der Waals surface area contributed by atoms with Gasteiger partial charge in [-0.15, -0.1) is 12.4 Å². The van der Waals surface area contributed by atoms with Crippen molar-refractivity contribution in [3.63, 3.8) is 0 Å². The summed E-state index contributed by atoms with van der Waals surface area (Å²) in [7, 11) is 0. The summed E-state index contributed by atoms with van der Waals surface area (Å²) in [5.74, 6) is 1.01. The Morgan fingerprint density at radius 2 is 1.88 bits per heavy atom. The van der Waals surface area contributed by atoms with Crippen molar-refractivity contribution in [3.8, 4) is 11.5 Å². The molecule has 136 valence electrons. The monoisotopic (exact) mass is 364 g/mol. The van der Waals surface area contributed by atoms with E-state index >= 15 is 0 Å². The molecule has 0 aliphatic carbocycles. The smallest absolute Gasteiger partial charge is 0.258 e. The van der Waals surface area contributed by atoms with E-state index in [4.69, 9.17) is 10.3 Å². The lowest BCUT2D eigenvalue weighted by atomic mass is 9.96. The number of aromatic nitrogens is 2. The molecule has 1 saturated heterocycles. The average Bonchev–Trinajstić information content (AvgIpc) is 3.05. The highest BCUT2D eigenvalue weighted by molar-refractivity contribution is 6.00. The number of hydrogen-bond donors (Lipinski definition) is 1. The maximum absolute atomic E-state index is 12.9. The second kappa shape index (κ2) is 7.54. The predicted molar refractivity (Wildman–Crippen MR) is 98.8 cm³/mol. The third kappa shape index (κ3) is 4.19. The predicted octanol–water partition coefficient (Wildman–Crippen LogP) is 3.02. The van der Waals surface area contributed by atoms with Crippen LogP contribution in [0, 0.1) is 0 Å². The van der Waals surface area contributed by atoms with Crippen molar-refractivity contribution < 1.29 is 9.32 Å². The second-order valence-electron chi connectivity index (χ2n) is 7.35. The Morgan fingerprint density at radius 3 is 2.48 bits per heavy atom. The molecule has 1 aliphatic heterocycles. The summed E-state index contributed by atoms with van der Waals surface area (Å²) in [6.45, 7) is 7.44. The number of amides is 1. The van der Waals surface area contributed by atoms with Crippen LogP contribution >= 0.6 is 12.4 Å². The van der Waals surface area contributed by atoms with E-state index in [0.717, 1.165) is 12.8 Å². The van der Waals surface area contributed by atoms with Crippen molar-refractivity contribution >= 4 is 18.3 Å². The van der Waals surface area contributed by atoms with Gasteiger partial charge in [0.25, 0.3) is 11.8 Å². The molecule has 0 spiro atoms. The van der Waals surface area contributed by atoms with Crippen LogP contribution in [0.2, 0.25) is 0 Å². The first-order valence-electron chi connectivity index (χ1n) is 8.34. The zero-order valence-corrected chi connectivity index (χ0v) is 15.7. The van der Waals surface area contributed by atoms with Gasteiger partial charge in [0.2, 0.25) is 0 Å². The number of likely N-dealkylation sites (tertiary alicyclic amines) is 1. The number of carbonyl (C=O) groups excluding carboxylic acids is 1. The normalized spacial score (nSPS) is 15.8. The van der Waals surface area contributed by atoms with Crippen LogP contribution in [0.5, 0.6) is 0 Å². The van der Waals surface area contributed by atoms with Crippen LogP contribution in [0.15, 0.2) is 28.8 Å². The van der Waals surface area contributed by atoms with Gasteiger partial charge in [-0.1, -0.05) is 38.1 Å². The molecule has 0 radical (unpaired) electrons. The summed E-state index contributed by atoms with van der Waals surface area (Å²) in [6, 6.07) is 7.58. The highest BCUT2D eigenvalue weighted by Gasteiger charge is 2.27. The summed E-state index contributed by atoms with van der Waals surface area (Å²) in [4.78, 5) is 19.2. The van der Waals surface area contributed by atoms with Crippen LogP contribution in [0.1, 0.15) is 49.8 Å². The van der Waals surface area contributed by atoms with Crippen molar-refractivity contribution in [2.45, 2.75) is 45.1 Å². The number of hydrogen-bond acceptors (Lipinski definition) is 5. The van der Waals surface area contributed by atoms with Gasteiger partial charge in [0.05, 0.1) is 11.1 Å². The van der Waals surface area contributed by atoms with Crippen molar-refractivity contribution in [1.29, 1.82) is 0 Å². The SMILES string of the molecule is CC(C)(C)c1noc(-c2ccccc2C(=O)N2CCC(N)CC2)n1.Cl. The third-order valence-corrected chi connectivity index (χ3v) is 4.31. The first kappa shape index (κ1) is 19.4. The van der Waals surface area contributed by atoms with Gasteiger partial charge in [0.1, 0.15) is 0 Å². The fourth-order valence-corrected chi connectivity index (χ4v) is 2.77. The molecule has 6 nitrogen and oxygen atoms in total. The largest absolute Gasteiger partial charge is 0.339 e. The molecule has 7 heteroatoms. The first-order valence-corrected chi connectivity index (χ1v) is 8.34. The van der Waals surface area contributed by atoms with Crippen LogP contribution in [0.4, 0.5) is 0 Å². The van der Waals surface area contributed by atoms with E-state index in [1.54, 1.807) is 0 Å². The highest BCUT2D eigenvalue weighted by atomic mass is 35.5. The van der Waals surface area contributed by atoms with Crippen molar-refractivity contribution in [2.24, 2.45) is 5.73 Å². The van der Waals surface area contributed by atoms with Gasteiger partial charge in [-0.3, -0.25) is 4.79 Å². The fourth-order valence-electron chi connectivity index (χ4n) is 2.77. The fraction of sp³-hybridized carbons (Fsp3) is 0.500. The van der Waals surface area contributed by atoms with E-state index in [1.165, 1.54) is 0 Å². The molecule has 1 amide bonds. The number of nitrogens with two attached hydrogens (primary N) is 1. The number of benzene rings is 1. The Hall–Kier alpha value is -1.92. The zero-order chi connectivity index (χ0) is 17.3. The maximum Gasteiger partial charge on any atom is 0.258 e. The molecular formula is C18H25ClN4O2. The second-order valence-corrected chi connectivity index (χ2v) is 7.35. The quantitative estimate of drug-likeness (QED) is 0.885. The molecule has 1 fully saturated rings. The molecule has 3 rings (SSSR count). The summed E-state index contributed by atoms with van der Waals surface area (Å²) in [5, 5.41) is 4.06. The van der Waals surface area contributed by atoms with Gasteiger partial charge >= 0.3 is 0 Å². The molecule has 1 aromatic carbocycles. The minimum Gasteiger partial charge on any atom is -0.339 e. The molecule has 2 heterocycles. The number of rotatable bonds is 2. The minimum absolute atomic E-state index is 0. The van der Waals surface area contributed by atoms with E-state index in [9.17, 15) is 4.79 Å². The van der Waals surface area contributed by atoms with Gasteiger partial charge in [0.15, 0.2) is 5.82 Å². The lowest BCUT2D eigenvalue weighted by Gasteiger charge is -2.30. The van der Waals surface area contributed by atoms with Crippen LogP contribution in [0.25, 0.3) is 11.5 Å². The van der Waals surface area contributed by atoms with E-state index < -0.39 is 0 Å². The number of piperidine rings is 1. The van der Waals surface area contributed by atoms with Crippen LogP contribution in [-0.4, -0.2) is 40.1 Å². The Balaban J connectivity index is 0.00000225. The summed E-state index contributed by atoms with van der Waals surface area (Å²) in [5.41, 5.74) is 7.00. The number of carbonyl (C=O) groups is 1. The van der Waals surface area contributed by atoms with Crippen molar-refractivity contribution in [1.82, 2.24) is 15.0 Å². The molecule has 1 aromatic heterocycles. The molecule has 2 N–H and O–H groups in total. The van der Waals surface area contributed by atoms with E-state index in [-0.39, 0.29) is 29.8 Å². The van der Waals surface area contributed by atoms with Gasteiger partial charge in [0, 0.05) is 24.5 Å². The van der Waals surface area contributed by atoms with Crippen molar-refractivity contribution in [2.75, 3.05) is 13.1 Å². The summed E-state index contributed by atoms with van der Waals surface area (Å²) in [6.07, 6.45) is 1.67. The molecule has 0 bridgehead atoms. The summed E-state index contributed by atoms with van der Waals surface area (Å²) < 4.78 is 5.42. The number of halogens is 1. The Bertz CT molecular complexity index is 731. The zero-order valence-electron chi connectivity index (χ0n) is 14.9.